The number of para-hydroxylation sites is 1. The number of fused-ring (bicyclic) bond motifs is 2. The number of amides is 1. The van der Waals surface area contributed by atoms with Gasteiger partial charge in [0.05, 0.1) is 5.02 Å². The van der Waals surface area contributed by atoms with Gasteiger partial charge < -0.3 is 15.0 Å². The summed E-state index contributed by atoms with van der Waals surface area (Å²) in [6, 6.07) is 10.4. The molecular weight excluding hydrogens is 445 g/mol. The standard InChI is InChI=1S/C24H23ClFN5O2/c1-24(2)31(20-18(25)5-4-6-19(20)26)22(32)17-12-27-23(29-21(17)33-24)28-16-8-7-15-13-30(3)10-9-14(15)11-16/h4-8,11-12H,9-10,13H2,1-3H3,(H,27,28,29). The number of nitrogens with zero attached hydrogens (tertiary/aromatic N) is 4. The van der Waals surface area contributed by atoms with Crippen LogP contribution in [0.25, 0.3) is 0 Å². The maximum absolute atomic E-state index is 14.6. The molecule has 1 aromatic heterocycles. The monoisotopic (exact) mass is 467 g/mol. The van der Waals surface area contributed by atoms with Crippen LogP contribution in [0.2, 0.25) is 5.02 Å². The van der Waals surface area contributed by atoms with E-state index in [-0.39, 0.29) is 22.2 Å². The number of hydrogen-bond donors (Lipinski definition) is 1. The molecule has 0 atom stereocenters. The summed E-state index contributed by atoms with van der Waals surface area (Å²) in [5.74, 6) is -0.667. The molecule has 33 heavy (non-hydrogen) atoms. The number of aromatic nitrogens is 2. The molecule has 3 heterocycles. The fourth-order valence-corrected chi connectivity index (χ4v) is 4.52. The molecule has 2 aliphatic heterocycles. The lowest BCUT2D eigenvalue weighted by molar-refractivity contribution is 0.0601. The molecule has 0 bridgehead atoms. The number of anilines is 3. The Balaban J connectivity index is 1.45. The van der Waals surface area contributed by atoms with Crippen molar-refractivity contribution in [1.82, 2.24) is 14.9 Å². The zero-order valence-electron chi connectivity index (χ0n) is 18.5. The van der Waals surface area contributed by atoms with Gasteiger partial charge in [0.1, 0.15) is 17.1 Å². The highest BCUT2D eigenvalue weighted by atomic mass is 35.5. The molecule has 5 rings (SSSR count). The minimum absolute atomic E-state index is 0.0401. The van der Waals surface area contributed by atoms with Crippen molar-refractivity contribution >= 4 is 34.8 Å². The second kappa shape index (κ2) is 7.97. The van der Waals surface area contributed by atoms with Crippen LogP contribution in [0.1, 0.15) is 35.3 Å². The van der Waals surface area contributed by atoms with Crippen LogP contribution in [0.3, 0.4) is 0 Å². The average molecular weight is 468 g/mol. The van der Waals surface area contributed by atoms with E-state index in [0.717, 1.165) is 25.2 Å². The minimum Gasteiger partial charge on any atom is -0.450 e. The number of halogens is 2. The Hall–Kier alpha value is -3.23. The molecule has 1 N–H and O–H groups in total. The quantitative estimate of drug-likeness (QED) is 0.598. The molecule has 0 saturated heterocycles. The Morgan fingerprint density at radius 3 is 2.82 bits per heavy atom. The average Bonchev–Trinajstić information content (AvgIpc) is 2.75. The summed E-state index contributed by atoms with van der Waals surface area (Å²) in [4.78, 5) is 25.5. The molecule has 9 heteroatoms. The van der Waals surface area contributed by atoms with Gasteiger partial charge in [-0.05, 0) is 62.7 Å². The van der Waals surface area contributed by atoms with Crippen LogP contribution >= 0.6 is 11.6 Å². The first kappa shape index (κ1) is 21.6. The molecule has 7 nitrogen and oxygen atoms in total. The van der Waals surface area contributed by atoms with Gasteiger partial charge in [-0.25, -0.2) is 9.37 Å². The summed E-state index contributed by atoms with van der Waals surface area (Å²) >= 11 is 6.22. The lowest BCUT2D eigenvalue weighted by Gasteiger charge is -2.42. The molecule has 0 unspecified atom stereocenters. The van der Waals surface area contributed by atoms with Gasteiger partial charge in [0.25, 0.3) is 5.91 Å². The summed E-state index contributed by atoms with van der Waals surface area (Å²) in [7, 11) is 2.11. The van der Waals surface area contributed by atoms with Crippen LogP contribution in [0, 0.1) is 5.82 Å². The normalized spacial score (nSPS) is 17.2. The van der Waals surface area contributed by atoms with Crippen LogP contribution in [0.15, 0.2) is 42.6 Å². The second-order valence-corrected chi connectivity index (χ2v) is 9.18. The van der Waals surface area contributed by atoms with E-state index in [0.29, 0.717) is 5.95 Å². The predicted molar refractivity (Wildman–Crippen MR) is 125 cm³/mol. The van der Waals surface area contributed by atoms with Gasteiger partial charge in [0.15, 0.2) is 5.72 Å². The molecule has 0 aliphatic carbocycles. The van der Waals surface area contributed by atoms with E-state index in [9.17, 15) is 9.18 Å². The van der Waals surface area contributed by atoms with Crippen molar-refractivity contribution in [3.63, 3.8) is 0 Å². The molecule has 3 aromatic rings. The van der Waals surface area contributed by atoms with Crippen LogP contribution in [0.4, 0.5) is 21.7 Å². The SMILES string of the molecule is CN1CCc2cc(Nc3ncc4c(n3)OC(C)(C)N(c3c(F)cccc3Cl)C4=O)ccc2C1. The van der Waals surface area contributed by atoms with Crippen molar-refractivity contribution < 1.29 is 13.9 Å². The predicted octanol–water partition coefficient (Wildman–Crippen LogP) is 4.78. The van der Waals surface area contributed by atoms with Crippen LogP contribution in [0.5, 0.6) is 5.88 Å². The van der Waals surface area contributed by atoms with E-state index in [1.807, 2.05) is 6.07 Å². The fourth-order valence-electron chi connectivity index (χ4n) is 4.27. The Bertz CT molecular complexity index is 1250. The van der Waals surface area contributed by atoms with Crippen molar-refractivity contribution in [3.8, 4) is 5.88 Å². The summed E-state index contributed by atoms with van der Waals surface area (Å²) < 4.78 is 20.6. The minimum atomic E-state index is -1.22. The maximum atomic E-state index is 14.6. The molecule has 0 spiro atoms. The van der Waals surface area contributed by atoms with Crippen LogP contribution in [-0.2, 0) is 13.0 Å². The van der Waals surface area contributed by atoms with E-state index in [2.05, 4.69) is 39.4 Å². The van der Waals surface area contributed by atoms with E-state index in [1.165, 1.54) is 40.4 Å². The number of hydrogen-bond acceptors (Lipinski definition) is 6. The third kappa shape index (κ3) is 3.89. The number of ether oxygens (including phenoxy) is 1. The van der Waals surface area contributed by atoms with E-state index >= 15 is 0 Å². The van der Waals surface area contributed by atoms with E-state index in [1.54, 1.807) is 13.8 Å². The van der Waals surface area contributed by atoms with Crippen molar-refractivity contribution in [3.05, 3.63) is 70.1 Å². The summed E-state index contributed by atoms with van der Waals surface area (Å²) in [5, 5.41) is 3.31. The summed E-state index contributed by atoms with van der Waals surface area (Å²) in [6.07, 6.45) is 2.37. The highest BCUT2D eigenvalue weighted by molar-refractivity contribution is 6.34. The van der Waals surface area contributed by atoms with E-state index < -0.39 is 17.4 Å². The Kier molecular flexibility index (Phi) is 5.22. The number of benzene rings is 2. The highest BCUT2D eigenvalue weighted by Gasteiger charge is 2.44. The Morgan fingerprint density at radius 1 is 1.21 bits per heavy atom. The lowest BCUT2D eigenvalue weighted by Crippen LogP contribution is -2.56. The lowest BCUT2D eigenvalue weighted by atomic mass is 9.99. The van der Waals surface area contributed by atoms with Gasteiger partial charge in [-0.2, -0.15) is 4.98 Å². The molecular formula is C24H23ClFN5O2. The topological polar surface area (TPSA) is 70.6 Å². The first-order valence-corrected chi connectivity index (χ1v) is 11.0. The van der Waals surface area contributed by atoms with Gasteiger partial charge in [0, 0.05) is 25.0 Å². The smallest absolute Gasteiger partial charge is 0.268 e. The van der Waals surface area contributed by atoms with Gasteiger partial charge >= 0.3 is 0 Å². The molecule has 0 fully saturated rings. The zero-order valence-corrected chi connectivity index (χ0v) is 19.3. The van der Waals surface area contributed by atoms with Gasteiger partial charge in [-0.1, -0.05) is 23.7 Å². The molecule has 0 radical (unpaired) electrons. The molecule has 1 amide bonds. The largest absolute Gasteiger partial charge is 0.450 e. The third-order valence-corrected chi connectivity index (χ3v) is 6.20. The first-order valence-electron chi connectivity index (χ1n) is 10.6. The first-order chi connectivity index (χ1) is 15.7. The van der Waals surface area contributed by atoms with E-state index in [4.69, 9.17) is 16.3 Å². The number of rotatable bonds is 3. The summed E-state index contributed by atoms with van der Waals surface area (Å²) in [5.41, 5.74) is 2.33. The zero-order chi connectivity index (χ0) is 23.3. The Morgan fingerprint density at radius 2 is 2.03 bits per heavy atom. The van der Waals surface area contributed by atoms with Gasteiger partial charge in [-0.3, -0.25) is 9.69 Å². The van der Waals surface area contributed by atoms with Crippen LogP contribution < -0.4 is 15.0 Å². The van der Waals surface area contributed by atoms with Crippen molar-refractivity contribution in [2.45, 2.75) is 32.5 Å². The number of carbonyl (C=O) groups is 1. The second-order valence-electron chi connectivity index (χ2n) is 8.77. The maximum Gasteiger partial charge on any atom is 0.268 e. The van der Waals surface area contributed by atoms with Crippen molar-refractivity contribution in [2.24, 2.45) is 0 Å². The number of carbonyl (C=O) groups excluding carboxylic acids is 1. The van der Waals surface area contributed by atoms with Crippen molar-refractivity contribution in [1.29, 1.82) is 0 Å². The summed E-state index contributed by atoms with van der Waals surface area (Å²) in [6.45, 7) is 5.26. The fraction of sp³-hybridized carbons (Fsp3) is 0.292. The van der Waals surface area contributed by atoms with Gasteiger partial charge in [0.2, 0.25) is 11.8 Å². The molecule has 2 aliphatic rings. The molecule has 170 valence electrons. The molecule has 2 aromatic carbocycles. The third-order valence-electron chi connectivity index (χ3n) is 5.90. The van der Waals surface area contributed by atoms with Crippen molar-refractivity contribution in [2.75, 3.05) is 23.8 Å². The van der Waals surface area contributed by atoms with Gasteiger partial charge in [-0.15, -0.1) is 0 Å². The number of likely N-dealkylation sites (N-methyl/N-ethyl adjacent to an activating group) is 1. The number of nitrogens with one attached hydrogen (secondary N) is 1. The van der Waals surface area contributed by atoms with Crippen LogP contribution in [-0.4, -0.2) is 40.1 Å². The molecule has 0 saturated carbocycles. The highest BCUT2D eigenvalue weighted by Crippen LogP contribution is 2.40. The Labute approximate surface area is 196 Å².